The summed E-state index contributed by atoms with van der Waals surface area (Å²) in [4.78, 5) is 11.8. The summed E-state index contributed by atoms with van der Waals surface area (Å²) in [7, 11) is 0. The molecule has 1 unspecified atom stereocenters. The quantitative estimate of drug-likeness (QED) is 0.669. The van der Waals surface area contributed by atoms with Gasteiger partial charge in [-0.15, -0.1) is 0 Å². The number of carbonyl (C=O) groups is 1. The molecule has 1 atom stereocenters. The average Bonchev–Trinajstić information content (AvgIpc) is 2.45. The monoisotopic (exact) mass is 198 g/mol. The molecule has 3 nitrogen and oxygen atoms in total. The average molecular weight is 198 g/mol. The summed E-state index contributed by atoms with van der Waals surface area (Å²) in [5.41, 5.74) is 5.56. The summed E-state index contributed by atoms with van der Waals surface area (Å²) in [6.45, 7) is 5.75. The Morgan fingerprint density at radius 2 is 2.29 bits per heavy atom. The van der Waals surface area contributed by atoms with Crippen LogP contribution in [0.2, 0.25) is 0 Å². The van der Waals surface area contributed by atoms with Crippen LogP contribution in [0.4, 0.5) is 0 Å². The molecule has 1 amide bonds. The molecule has 1 aliphatic rings. The summed E-state index contributed by atoms with van der Waals surface area (Å²) in [5.74, 6) is 0.432. The van der Waals surface area contributed by atoms with Crippen molar-refractivity contribution in [2.24, 2.45) is 17.1 Å². The minimum Gasteiger partial charge on any atom is -0.356 e. The highest BCUT2D eigenvalue weighted by Crippen LogP contribution is 2.42. The Bertz CT molecular complexity index is 201. The van der Waals surface area contributed by atoms with E-state index in [-0.39, 0.29) is 17.2 Å². The molecule has 3 heteroatoms. The van der Waals surface area contributed by atoms with E-state index in [0.29, 0.717) is 6.54 Å². The van der Waals surface area contributed by atoms with Crippen LogP contribution in [-0.2, 0) is 4.79 Å². The summed E-state index contributed by atoms with van der Waals surface area (Å²) < 4.78 is 0. The van der Waals surface area contributed by atoms with Crippen molar-refractivity contribution in [3.05, 3.63) is 0 Å². The molecule has 0 aliphatic heterocycles. The Morgan fingerprint density at radius 3 is 2.79 bits per heavy atom. The smallest absolute Gasteiger partial charge is 0.223 e. The van der Waals surface area contributed by atoms with E-state index in [9.17, 15) is 4.79 Å². The van der Waals surface area contributed by atoms with Crippen molar-refractivity contribution in [3.63, 3.8) is 0 Å². The lowest BCUT2D eigenvalue weighted by Crippen LogP contribution is -2.37. The van der Waals surface area contributed by atoms with E-state index in [2.05, 4.69) is 19.2 Å². The van der Waals surface area contributed by atoms with E-state index in [1.165, 1.54) is 12.8 Å². The highest BCUT2D eigenvalue weighted by molar-refractivity contribution is 5.79. The fourth-order valence-electron chi connectivity index (χ4n) is 2.25. The lowest BCUT2D eigenvalue weighted by atomic mass is 9.81. The van der Waals surface area contributed by atoms with Crippen molar-refractivity contribution in [1.82, 2.24) is 5.32 Å². The Labute approximate surface area is 86.4 Å². The van der Waals surface area contributed by atoms with Gasteiger partial charge in [0.2, 0.25) is 5.91 Å². The second kappa shape index (κ2) is 4.78. The molecule has 1 fully saturated rings. The standard InChI is InChI=1S/C11H22N2O/c1-11(2)6-3-5-9(11)10(14)13-8-4-7-12/h9H,3-8,12H2,1-2H3,(H,13,14). The summed E-state index contributed by atoms with van der Waals surface area (Å²) in [6, 6.07) is 0. The molecule has 0 saturated heterocycles. The highest BCUT2D eigenvalue weighted by Gasteiger charge is 2.38. The van der Waals surface area contributed by atoms with Crippen LogP contribution in [0.15, 0.2) is 0 Å². The summed E-state index contributed by atoms with van der Waals surface area (Å²) in [5, 5.41) is 2.96. The van der Waals surface area contributed by atoms with E-state index in [4.69, 9.17) is 5.73 Å². The van der Waals surface area contributed by atoms with E-state index in [1.807, 2.05) is 0 Å². The van der Waals surface area contributed by atoms with Crippen LogP contribution in [0.1, 0.15) is 39.5 Å². The van der Waals surface area contributed by atoms with E-state index < -0.39 is 0 Å². The fourth-order valence-corrected chi connectivity index (χ4v) is 2.25. The lowest BCUT2D eigenvalue weighted by molar-refractivity contribution is -0.127. The number of amides is 1. The zero-order valence-corrected chi connectivity index (χ0v) is 9.31. The third kappa shape index (κ3) is 2.71. The maximum Gasteiger partial charge on any atom is 0.223 e. The van der Waals surface area contributed by atoms with Gasteiger partial charge in [0.25, 0.3) is 0 Å². The zero-order chi connectivity index (χ0) is 10.6. The normalized spacial score (nSPS) is 24.9. The first-order chi connectivity index (χ1) is 6.58. The van der Waals surface area contributed by atoms with E-state index >= 15 is 0 Å². The number of nitrogens with two attached hydrogens (primary N) is 1. The predicted octanol–water partition coefficient (Wildman–Crippen LogP) is 1.28. The predicted molar refractivity (Wildman–Crippen MR) is 57.8 cm³/mol. The first-order valence-electron chi connectivity index (χ1n) is 5.56. The van der Waals surface area contributed by atoms with Crippen LogP contribution in [0.5, 0.6) is 0 Å². The number of rotatable bonds is 4. The topological polar surface area (TPSA) is 55.1 Å². The number of carbonyl (C=O) groups excluding carboxylic acids is 1. The highest BCUT2D eigenvalue weighted by atomic mass is 16.1. The molecule has 1 aliphatic carbocycles. The van der Waals surface area contributed by atoms with E-state index in [0.717, 1.165) is 19.4 Å². The Morgan fingerprint density at radius 1 is 1.57 bits per heavy atom. The fraction of sp³-hybridized carbons (Fsp3) is 0.909. The van der Waals surface area contributed by atoms with Gasteiger partial charge in [0.1, 0.15) is 0 Å². The Kier molecular flexibility index (Phi) is 3.93. The third-order valence-corrected chi connectivity index (χ3v) is 3.25. The third-order valence-electron chi connectivity index (χ3n) is 3.25. The van der Waals surface area contributed by atoms with Crippen LogP contribution < -0.4 is 11.1 Å². The van der Waals surface area contributed by atoms with Crippen molar-refractivity contribution in [2.45, 2.75) is 39.5 Å². The summed E-state index contributed by atoms with van der Waals surface area (Å²) >= 11 is 0. The first-order valence-corrected chi connectivity index (χ1v) is 5.56. The maximum absolute atomic E-state index is 11.8. The van der Waals surface area contributed by atoms with Crippen LogP contribution in [0, 0.1) is 11.3 Å². The second-order valence-corrected chi connectivity index (χ2v) is 4.87. The van der Waals surface area contributed by atoms with Gasteiger partial charge >= 0.3 is 0 Å². The maximum atomic E-state index is 11.8. The van der Waals surface area contributed by atoms with Gasteiger partial charge in [-0.3, -0.25) is 4.79 Å². The van der Waals surface area contributed by atoms with Gasteiger partial charge < -0.3 is 11.1 Å². The first kappa shape index (κ1) is 11.5. The molecule has 82 valence electrons. The Hall–Kier alpha value is -0.570. The van der Waals surface area contributed by atoms with Crippen molar-refractivity contribution in [2.75, 3.05) is 13.1 Å². The molecule has 0 heterocycles. The van der Waals surface area contributed by atoms with Crippen molar-refractivity contribution >= 4 is 5.91 Å². The van der Waals surface area contributed by atoms with Crippen molar-refractivity contribution in [3.8, 4) is 0 Å². The molecule has 0 spiro atoms. The molecule has 0 aromatic carbocycles. The number of nitrogens with one attached hydrogen (secondary N) is 1. The number of hydrogen-bond donors (Lipinski definition) is 2. The molecular formula is C11H22N2O. The lowest BCUT2D eigenvalue weighted by Gasteiger charge is -2.25. The molecule has 14 heavy (non-hydrogen) atoms. The van der Waals surface area contributed by atoms with Crippen LogP contribution in [-0.4, -0.2) is 19.0 Å². The molecular weight excluding hydrogens is 176 g/mol. The van der Waals surface area contributed by atoms with Gasteiger partial charge in [-0.2, -0.15) is 0 Å². The van der Waals surface area contributed by atoms with Gasteiger partial charge in [-0.1, -0.05) is 20.3 Å². The van der Waals surface area contributed by atoms with Gasteiger partial charge in [-0.25, -0.2) is 0 Å². The molecule has 3 N–H and O–H groups in total. The molecule has 0 bridgehead atoms. The molecule has 0 aromatic heterocycles. The van der Waals surface area contributed by atoms with Crippen molar-refractivity contribution in [1.29, 1.82) is 0 Å². The van der Waals surface area contributed by atoms with Gasteiger partial charge in [0, 0.05) is 12.5 Å². The van der Waals surface area contributed by atoms with Gasteiger partial charge in [0.05, 0.1) is 0 Å². The largest absolute Gasteiger partial charge is 0.356 e. The van der Waals surface area contributed by atoms with Crippen LogP contribution >= 0.6 is 0 Å². The van der Waals surface area contributed by atoms with Gasteiger partial charge in [0.15, 0.2) is 0 Å². The van der Waals surface area contributed by atoms with Crippen molar-refractivity contribution < 1.29 is 4.79 Å². The molecule has 0 aromatic rings. The minimum atomic E-state index is 0.187. The SMILES string of the molecule is CC1(C)CCCC1C(=O)NCCCN. The number of hydrogen-bond acceptors (Lipinski definition) is 2. The van der Waals surface area contributed by atoms with Crippen LogP contribution in [0.3, 0.4) is 0 Å². The molecule has 1 rings (SSSR count). The van der Waals surface area contributed by atoms with Crippen LogP contribution in [0.25, 0.3) is 0 Å². The van der Waals surface area contributed by atoms with E-state index in [1.54, 1.807) is 0 Å². The minimum absolute atomic E-state index is 0.187. The zero-order valence-electron chi connectivity index (χ0n) is 9.31. The molecule has 1 saturated carbocycles. The second-order valence-electron chi connectivity index (χ2n) is 4.87. The Balaban J connectivity index is 2.36. The summed E-state index contributed by atoms with van der Waals surface area (Å²) in [6.07, 6.45) is 4.27. The van der Waals surface area contributed by atoms with Gasteiger partial charge in [-0.05, 0) is 31.2 Å². The molecule has 0 radical (unpaired) electrons.